The minimum Gasteiger partial charge on any atom is -0.508 e. The van der Waals surface area contributed by atoms with Crippen molar-refractivity contribution >= 4 is 15.7 Å². The summed E-state index contributed by atoms with van der Waals surface area (Å²) in [6.45, 7) is 1.50. The van der Waals surface area contributed by atoms with Gasteiger partial charge in [-0.15, -0.1) is 0 Å². The van der Waals surface area contributed by atoms with Gasteiger partial charge in [0.1, 0.15) is 5.75 Å². The number of phenolic OH excluding ortho intramolecular Hbond substituents is 1. The van der Waals surface area contributed by atoms with Crippen LogP contribution in [0.3, 0.4) is 0 Å². The molecular formula is C17H24N2O5S. The van der Waals surface area contributed by atoms with Crippen molar-refractivity contribution in [2.24, 2.45) is 0 Å². The van der Waals surface area contributed by atoms with Crippen molar-refractivity contribution in [1.82, 2.24) is 9.80 Å². The Balaban J connectivity index is 1.67. The molecule has 138 valence electrons. The normalized spacial score (nSPS) is 25.7. The van der Waals surface area contributed by atoms with Crippen LogP contribution in [0.2, 0.25) is 0 Å². The highest BCUT2D eigenvalue weighted by atomic mass is 32.2. The van der Waals surface area contributed by atoms with Gasteiger partial charge in [-0.3, -0.25) is 9.69 Å². The molecule has 2 heterocycles. The van der Waals surface area contributed by atoms with E-state index in [0.29, 0.717) is 32.5 Å². The zero-order valence-corrected chi connectivity index (χ0v) is 14.9. The maximum atomic E-state index is 12.7. The molecule has 1 amide bonds. The molecule has 0 radical (unpaired) electrons. The maximum Gasteiger partial charge on any atom is 0.223 e. The maximum absolute atomic E-state index is 12.7. The number of rotatable bonds is 5. The smallest absolute Gasteiger partial charge is 0.223 e. The van der Waals surface area contributed by atoms with Crippen molar-refractivity contribution in [3.63, 3.8) is 0 Å². The summed E-state index contributed by atoms with van der Waals surface area (Å²) in [7, 11) is -3.16. The van der Waals surface area contributed by atoms with E-state index in [4.69, 9.17) is 0 Å². The summed E-state index contributed by atoms with van der Waals surface area (Å²) in [6, 6.07) is 6.20. The summed E-state index contributed by atoms with van der Waals surface area (Å²) in [5.74, 6) is 0.210. The Labute approximate surface area is 147 Å². The topological polar surface area (TPSA) is 98.2 Å². The molecule has 0 aromatic heterocycles. The lowest BCUT2D eigenvalue weighted by molar-refractivity contribution is -0.137. The predicted molar refractivity (Wildman–Crippen MR) is 93.0 cm³/mol. The third kappa shape index (κ3) is 4.13. The van der Waals surface area contributed by atoms with Gasteiger partial charge in [-0.1, -0.05) is 12.1 Å². The van der Waals surface area contributed by atoms with Crippen LogP contribution in [0.1, 0.15) is 12.0 Å². The van der Waals surface area contributed by atoms with Crippen LogP contribution in [0.15, 0.2) is 24.3 Å². The van der Waals surface area contributed by atoms with Crippen molar-refractivity contribution in [1.29, 1.82) is 0 Å². The Bertz CT molecular complexity index is 719. The second kappa shape index (κ2) is 7.31. The molecule has 0 aliphatic carbocycles. The van der Waals surface area contributed by atoms with Crippen molar-refractivity contribution < 1.29 is 23.4 Å². The van der Waals surface area contributed by atoms with Crippen molar-refractivity contribution in [3.05, 3.63) is 29.8 Å². The van der Waals surface area contributed by atoms with Crippen LogP contribution in [-0.4, -0.2) is 84.2 Å². The first-order chi connectivity index (χ1) is 11.9. The fourth-order valence-corrected chi connectivity index (χ4v) is 5.81. The van der Waals surface area contributed by atoms with Crippen molar-refractivity contribution in [2.75, 3.05) is 37.7 Å². The van der Waals surface area contributed by atoms with Gasteiger partial charge in [0.15, 0.2) is 9.84 Å². The summed E-state index contributed by atoms with van der Waals surface area (Å²) in [4.78, 5) is 16.4. The average molecular weight is 368 g/mol. The van der Waals surface area contributed by atoms with Gasteiger partial charge in [-0.25, -0.2) is 8.42 Å². The Kier molecular flexibility index (Phi) is 5.31. The number of piperazine rings is 1. The summed E-state index contributed by atoms with van der Waals surface area (Å²) < 4.78 is 24.2. The van der Waals surface area contributed by atoms with Crippen LogP contribution in [-0.2, 0) is 21.1 Å². The van der Waals surface area contributed by atoms with Gasteiger partial charge in [-0.05, 0) is 24.1 Å². The standard InChI is InChI=1S/C17H24N2O5S/c20-10-9-18-7-8-19(16-12-25(23,24)11-15(16)18)17(22)6-3-13-1-4-14(21)5-2-13/h1-2,4-5,15-16,20-21H,3,6-12H2/t15-,16+/m1/s1. The van der Waals surface area contributed by atoms with Crippen molar-refractivity contribution in [2.45, 2.75) is 24.9 Å². The number of aliphatic hydroxyl groups is 1. The summed E-state index contributed by atoms with van der Waals surface area (Å²) in [5, 5.41) is 18.5. The summed E-state index contributed by atoms with van der Waals surface area (Å²) in [6.07, 6.45) is 0.869. The molecule has 2 aliphatic heterocycles. The largest absolute Gasteiger partial charge is 0.508 e. The highest BCUT2D eigenvalue weighted by molar-refractivity contribution is 7.91. The van der Waals surface area contributed by atoms with Gasteiger partial charge < -0.3 is 15.1 Å². The minimum absolute atomic E-state index is 0.00451. The molecular weight excluding hydrogens is 344 g/mol. The Hall–Kier alpha value is -1.64. The van der Waals surface area contributed by atoms with E-state index in [1.165, 1.54) is 0 Å². The van der Waals surface area contributed by atoms with Crippen molar-refractivity contribution in [3.8, 4) is 5.75 Å². The first-order valence-electron chi connectivity index (χ1n) is 8.52. The van der Waals surface area contributed by atoms with Gasteiger partial charge >= 0.3 is 0 Å². The molecule has 3 rings (SSSR count). The molecule has 7 nitrogen and oxygen atoms in total. The number of sulfone groups is 1. The van der Waals surface area contributed by atoms with Gasteiger partial charge in [0.25, 0.3) is 0 Å². The van der Waals surface area contributed by atoms with Crippen LogP contribution in [0.25, 0.3) is 0 Å². The number of carbonyl (C=O) groups excluding carboxylic acids is 1. The molecule has 2 aliphatic rings. The van der Waals surface area contributed by atoms with Gasteiger partial charge in [-0.2, -0.15) is 0 Å². The zero-order chi connectivity index (χ0) is 18.0. The minimum atomic E-state index is -3.16. The van der Waals surface area contributed by atoms with Gasteiger partial charge in [0, 0.05) is 32.1 Å². The lowest BCUT2D eigenvalue weighted by Crippen LogP contribution is -2.61. The molecule has 2 saturated heterocycles. The number of amides is 1. The van der Waals surface area contributed by atoms with Crippen LogP contribution in [0.4, 0.5) is 0 Å². The third-order valence-electron chi connectivity index (χ3n) is 5.06. The van der Waals surface area contributed by atoms with Crippen LogP contribution in [0, 0.1) is 0 Å². The number of β-amino-alcohol motifs (C(OH)–C–C–N with tert-alkyl or cyclic N) is 1. The lowest BCUT2D eigenvalue weighted by Gasteiger charge is -2.43. The second-order valence-electron chi connectivity index (χ2n) is 6.72. The molecule has 1 aromatic rings. The predicted octanol–water partition coefficient (Wildman–Crippen LogP) is -0.373. The first-order valence-corrected chi connectivity index (χ1v) is 10.3. The Morgan fingerprint density at radius 1 is 1.12 bits per heavy atom. The SMILES string of the molecule is O=C(CCc1ccc(O)cc1)N1CCN(CCO)[C@@H]2CS(=O)(=O)C[C@@H]21. The molecule has 1 aromatic carbocycles. The van der Waals surface area contributed by atoms with Gasteiger partial charge in [0.05, 0.1) is 24.2 Å². The summed E-state index contributed by atoms with van der Waals surface area (Å²) in [5.41, 5.74) is 0.959. The number of aliphatic hydroxyl groups excluding tert-OH is 1. The number of aryl methyl sites for hydroxylation is 1. The number of phenols is 1. The van der Waals surface area contributed by atoms with Gasteiger partial charge in [0.2, 0.25) is 5.91 Å². The number of aromatic hydroxyl groups is 1. The fraction of sp³-hybridized carbons (Fsp3) is 0.588. The quantitative estimate of drug-likeness (QED) is 0.736. The number of hydrogen-bond donors (Lipinski definition) is 2. The number of nitrogens with zero attached hydrogens (tertiary/aromatic N) is 2. The number of hydrogen-bond acceptors (Lipinski definition) is 6. The van der Waals surface area contributed by atoms with E-state index < -0.39 is 9.84 Å². The zero-order valence-electron chi connectivity index (χ0n) is 14.0. The number of fused-ring (bicyclic) bond motifs is 1. The van der Waals surface area contributed by atoms with E-state index in [1.54, 1.807) is 29.2 Å². The third-order valence-corrected chi connectivity index (χ3v) is 6.76. The molecule has 2 N–H and O–H groups in total. The van der Waals surface area contributed by atoms with E-state index >= 15 is 0 Å². The highest BCUT2D eigenvalue weighted by Crippen LogP contribution is 2.27. The molecule has 25 heavy (non-hydrogen) atoms. The van der Waals surface area contributed by atoms with Crippen LogP contribution < -0.4 is 0 Å². The van der Waals surface area contributed by atoms with E-state index in [0.717, 1.165) is 5.56 Å². The molecule has 0 saturated carbocycles. The molecule has 0 unspecified atom stereocenters. The summed E-state index contributed by atoms with van der Waals surface area (Å²) >= 11 is 0. The van der Waals surface area contributed by atoms with E-state index in [2.05, 4.69) is 0 Å². The number of benzene rings is 1. The lowest BCUT2D eigenvalue weighted by atomic mass is 10.0. The second-order valence-corrected chi connectivity index (χ2v) is 8.88. The molecule has 2 fully saturated rings. The molecule has 0 bridgehead atoms. The molecule has 8 heteroatoms. The first kappa shape index (κ1) is 18.2. The Morgan fingerprint density at radius 3 is 2.48 bits per heavy atom. The highest BCUT2D eigenvalue weighted by Gasteiger charge is 2.47. The Morgan fingerprint density at radius 2 is 1.80 bits per heavy atom. The van der Waals surface area contributed by atoms with E-state index in [-0.39, 0.29) is 41.9 Å². The monoisotopic (exact) mass is 368 g/mol. The fourth-order valence-electron chi connectivity index (χ4n) is 3.80. The molecule has 2 atom stereocenters. The number of carbonyl (C=O) groups is 1. The van der Waals surface area contributed by atoms with E-state index in [1.807, 2.05) is 4.90 Å². The van der Waals surface area contributed by atoms with E-state index in [9.17, 15) is 23.4 Å². The van der Waals surface area contributed by atoms with Crippen LogP contribution in [0.5, 0.6) is 5.75 Å². The van der Waals surface area contributed by atoms with Crippen LogP contribution >= 0.6 is 0 Å². The molecule has 0 spiro atoms. The average Bonchev–Trinajstić information content (AvgIpc) is 2.90.